The number of carbonyl (C=O) groups is 1. The summed E-state index contributed by atoms with van der Waals surface area (Å²) in [6, 6.07) is 23.0. The first-order chi connectivity index (χ1) is 24.2. The number of hydrogen-bond donors (Lipinski definition) is 8. The number of halogens is 2. The molecule has 256 valence electrons. The first-order valence-electron chi connectivity index (χ1n) is 17.1. The Labute approximate surface area is 300 Å². The van der Waals surface area contributed by atoms with Gasteiger partial charge in [0.1, 0.15) is 0 Å². The van der Waals surface area contributed by atoms with Gasteiger partial charge in [0.2, 0.25) is 0 Å². The second kappa shape index (κ2) is 13.3. The monoisotopic (exact) mass is 706 g/mol. The van der Waals surface area contributed by atoms with Gasteiger partial charge >= 0.3 is 0 Å². The first-order valence-corrected chi connectivity index (χ1v) is 17.8. The number of ketones is 1. The Morgan fingerprint density at radius 3 is 1.52 bits per heavy atom. The molecule has 0 saturated carbocycles. The third-order valence-corrected chi connectivity index (χ3v) is 11.1. The van der Waals surface area contributed by atoms with Gasteiger partial charge in [-0.25, -0.2) is 0 Å². The Morgan fingerprint density at radius 1 is 0.660 bits per heavy atom. The summed E-state index contributed by atoms with van der Waals surface area (Å²) in [5, 5.41) is 10.3. The molecule has 0 spiro atoms. The zero-order valence-electron chi connectivity index (χ0n) is 27.5. The van der Waals surface area contributed by atoms with Gasteiger partial charge in [0.15, 0.2) is 5.78 Å². The number of benzene rings is 4. The van der Waals surface area contributed by atoms with Crippen LogP contribution in [0.4, 0.5) is 0 Å². The summed E-state index contributed by atoms with van der Waals surface area (Å²) < 4.78 is 0. The van der Waals surface area contributed by atoms with Crippen molar-refractivity contribution in [2.75, 3.05) is 13.1 Å². The van der Waals surface area contributed by atoms with Crippen molar-refractivity contribution in [2.45, 2.75) is 50.1 Å². The minimum Gasteiger partial charge on any atom is -0.355 e. The zero-order chi connectivity index (χ0) is 34.7. The van der Waals surface area contributed by atoms with Crippen molar-refractivity contribution in [1.82, 2.24) is 20.6 Å². The van der Waals surface area contributed by atoms with Crippen LogP contribution >= 0.6 is 23.2 Å². The SMILES string of the molecule is NCCC(N)c1ccc2[nH]c(-c3ccc(Cl)c4c3C(C(=O)C3NCc5c(Cl)ccc(-c6cc7cc(C(N)CCN)ccc7[nH]6)c53)NC4)cc2c1. The van der Waals surface area contributed by atoms with Crippen LogP contribution in [0.15, 0.2) is 72.8 Å². The van der Waals surface area contributed by atoms with Crippen molar-refractivity contribution >= 4 is 50.8 Å². The average Bonchev–Trinajstić information content (AvgIpc) is 3.92. The summed E-state index contributed by atoms with van der Waals surface area (Å²) in [5.41, 5.74) is 35.6. The minimum atomic E-state index is -0.594. The smallest absolute Gasteiger partial charge is 0.175 e. The predicted octanol–water partition coefficient (Wildman–Crippen LogP) is 6.55. The minimum absolute atomic E-state index is 0.00634. The molecule has 6 aromatic rings. The molecule has 2 aromatic heterocycles. The van der Waals surface area contributed by atoms with E-state index in [9.17, 15) is 4.79 Å². The zero-order valence-corrected chi connectivity index (χ0v) is 29.0. The lowest BCUT2D eigenvalue weighted by Gasteiger charge is -2.21. The van der Waals surface area contributed by atoms with Crippen LogP contribution in [0.2, 0.25) is 10.0 Å². The molecule has 4 atom stereocenters. The molecule has 4 aromatic carbocycles. The molecular formula is C39H40Cl2N8O. The number of aromatic amines is 2. The molecule has 4 unspecified atom stereocenters. The second-order valence-corrected chi connectivity index (χ2v) is 14.2. The first kappa shape index (κ1) is 33.1. The second-order valence-electron chi connectivity index (χ2n) is 13.4. The Kier molecular flexibility index (Phi) is 8.79. The van der Waals surface area contributed by atoms with E-state index in [1.54, 1.807) is 0 Å². The van der Waals surface area contributed by atoms with Crippen LogP contribution in [-0.4, -0.2) is 28.8 Å². The molecule has 9 nitrogen and oxygen atoms in total. The van der Waals surface area contributed by atoms with Crippen molar-refractivity contribution in [3.63, 3.8) is 0 Å². The fraction of sp³-hybridized carbons (Fsp3) is 0.256. The number of nitrogens with one attached hydrogen (secondary N) is 4. The largest absolute Gasteiger partial charge is 0.355 e. The molecule has 0 radical (unpaired) electrons. The fourth-order valence-electron chi connectivity index (χ4n) is 7.78. The van der Waals surface area contributed by atoms with Gasteiger partial charge in [-0.3, -0.25) is 15.4 Å². The summed E-state index contributed by atoms with van der Waals surface area (Å²) in [5.74, 6) is 0.00634. The Morgan fingerprint density at radius 2 is 1.10 bits per heavy atom. The van der Waals surface area contributed by atoms with Gasteiger partial charge in [-0.2, -0.15) is 0 Å². The number of aromatic nitrogens is 2. The maximum Gasteiger partial charge on any atom is 0.175 e. The van der Waals surface area contributed by atoms with Crippen LogP contribution < -0.4 is 33.6 Å². The molecule has 0 aliphatic carbocycles. The molecule has 0 bridgehead atoms. The molecule has 11 heteroatoms. The highest BCUT2D eigenvalue weighted by Gasteiger charge is 2.41. The van der Waals surface area contributed by atoms with Crippen LogP contribution in [0.25, 0.3) is 44.3 Å². The van der Waals surface area contributed by atoms with E-state index in [1.165, 1.54) is 0 Å². The van der Waals surface area contributed by atoms with Crippen LogP contribution in [0.5, 0.6) is 0 Å². The lowest BCUT2D eigenvalue weighted by atomic mass is 9.87. The van der Waals surface area contributed by atoms with Crippen molar-refractivity contribution in [3.05, 3.63) is 116 Å². The summed E-state index contributed by atoms with van der Waals surface area (Å²) in [4.78, 5) is 21.9. The fourth-order valence-corrected chi connectivity index (χ4v) is 8.24. The highest BCUT2D eigenvalue weighted by molar-refractivity contribution is 6.32. The number of rotatable bonds is 10. The highest BCUT2D eigenvalue weighted by Crippen LogP contribution is 2.45. The Balaban J connectivity index is 1.17. The average molecular weight is 708 g/mol. The summed E-state index contributed by atoms with van der Waals surface area (Å²) in [6.45, 7) is 2.02. The van der Waals surface area contributed by atoms with E-state index >= 15 is 0 Å². The maximum absolute atomic E-state index is 14.8. The molecule has 50 heavy (non-hydrogen) atoms. The van der Waals surface area contributed by atoms with Gasteiger partial charge in [0.25, 0.3) is 0 Å². The van der Waals surface area contributed by atoms with E-state index in [0.29, 0.717) is 49.1 Å². The third-order valence-electron chi connectivity index (χ3n) is 10.4. The molecule has 0 fully saturated rings. The molecule has 12 N–H and O–H groups in total. The number of fused-ring (bicyclic) bond motifs is 4. The van der Waals surface area contributed by atoms with Crippen molar-refractivity contribution in [3.8, 4) is 22.5 Å². The number of Topliss-reactive ketones (excluding diaryl/α,β-unsaturated/α-hetero) is 1. The van der Waals surface area contributed by atoms with Crippen molar-refractivity contribution in [1.29, 1.82) is 0 Å². The molecule has 4 heterocycles. The quantitative estimate of drug-likeness (QED) is 0.0797. The maximum atomic E-state index is 14.8. The lowest BCUT2D eigenvalue weighted by molar-refractivity contribution is -0.123. The normalized spacial score (nSPS) is 18.1. The van der Waals surface area contributed by atoms with E-state index < -0.39 is 12.1 Å². The van der Waals surface area contributed by atoms with Gasteiger partial charge in [-0.1, -0.05) is 47.5 Å². The number of carbonyl (C=O) groups excluding carboxylic acids is 1. The van der Waals surface area contributed by atoms with Gasteiger partial charge < -0.3 is 32.9 Å². The topological polar surface area (TPSA) is 177 Å². The molecule has 0 amide bonds. The van der Waals surface area contributed by atoms with E-state index in [1.807, 2.05) is 48.5 Å². The van der Waals surface area contributed by atoms with Crippen LogP contribution in [0.1, 0.15) is 70.4 Å². The van der Waals surface area contributed by atoms with E-state index in [4.69, 9.17) is 46.1 Å². The third kappa shape index (κ3) is 5.64. The van der Waals surface area contributed by atoms with Crippen molar-refractivity contribution in [2.24, 2.45) is 22.9 Å². The number of nitrogens with two attached hydrogens (primary N) is 4. The van der Waals surface area contributed by atoms with Gasteiger partial charge in [-0.15, -0.1) is 0 Å². The van der Waals surface area contributed by atoms with Gasteiger partial charge in [0.05, 0.1) is 12.1 Å². The van der Waals surface area contributed by atoms with E-state index in [0.717, 1.165) is 77.7 Å². The number of hydrogen-bond acceptors (Lipinski definition) is 7. The summed E-state index contributed by atoms with van der Waals surface area (Å²) in [6.07, 6.45) is 1.42. The standard InChI is InChI=1S/C39H40Cl2N8O/c40-27-5-3-23(33-15-21-13-19(29(44)9-11-42)1-7-31(21)48-33)35-25(27)17-46-37(35)39(50)38-36-24(4-6-28(41)26(36)18-47-38)34-16-22-14-20(30(45)10-12-43)2-8-32(22)49-34/h1-8,13-16,29-30,37-38,46-49H,9-12,17-18,42-45H2. The number of H-pyrrole nitrogens is 2. The molecule has 8 rings (SSSR count). The predicted molar refractivity (Wildman–Crippen MR) is 203 cm³/mol. The van der Waals surface area contributed by atoms with Crippen molar-refractivity contribution < 1.29 is 4.79 Å². The van der Waals surface area contributed by atoms with Crippen LogP contribution in [-0.2, 0) is 17.9 Å². The summed E-state index contributed by atoms with van der Waals surface area (Å²) >= 11 is 13.6. The van der Waals surface area contributed by atoms with Crippen LogP contribution in [0, 0.1) is 0 Å². The molecule has 2 aliphatic heterocycles. The Bertz CT molecular complexity index is 2120. The lowest BCUT2D eigenvalue weighted by Crippen LogP contribution is -2.32. The van der Waals surface area contributed by atoms with E-state index in [2.05, 4.69) is 44.9 Å². The van der Waals surface area contributed by atoms with Crippen LogP contribution in [0.3, 0.4) is 0 Å². The molecule has 0 saturated heterocycles. The van der Waals surface area contributed by atoms with Gasteiger partial charge in [0, 0.05) is 79.5 Å². The van der Waals surface area contributed by atoms with Gasteiger partial charge in [-0.05, 0) is 108 Å². The highest BCUT2D eigenvalue weighted by atomic mass is 35.5. The summed E-state index contributed by atoms with van der Waals surface area (Å²) in [7, 11) is 0. The molecular weight excluding hydrogens is 667 g/mol. The molecule has 2 aliphatic rings. The Hall–Kier alpha value is -4.03. The van der Waals surface area contributed by atoms with E-state index in [-0.39, 0.29) is 17.9 Å².